The van der Waals surface area contributed by atoms with Gasteiger partial charge in [-0.25, -0.2) is 4.99 Å². The quantitative estimate of drug-likeness (QED) is 0.561. The van der Waals surface area contributed by atoms with Crippen LogP contribution in [0.1, 0.15) is 56.5 Å². The van der Waals surface area contributed by atoms with Crippen LogP contribution in [0.3, 0.4) is 0 Å². The van der Waals surface area contributed by atoms with Crippen LogP contribution in [0.5, 0.6) is 0 Å². The fourth-order valence-corrected chi connectivity index (χ4v) is 3.37. The van der Waals surface area contributed by atoms with E-state index in [2.05, 4.69) is 42.5 Å². The van der Waals surface area contributed by atoms with E-state index < -0.39 is 0 Å². The number of hydrogen-bond acceptors (Lipinski definition) is 5. The molecule has 148 valence electrons. The number of aliphatic imine (C=N–C) groups is 1. The number of aromatic nitrogens is 6. The zero-order valence-corrected chi connectivity index (χ0v) is 16.6. The van der Waals surface area contributed by atoms with E-state index in [1.807, 2.05) is 18.5 Å². The summed E-state index contributed by atoms with van der Waals surface area (Å²) in [6, 6.07) is 0.493. The van der Waals surface area contributed by atoms with Gasteiger partial charge >= 0.3 is 0 Å². The summed E-state index contributed by atoms with van der Waals surface area (Å²) in [7, 11) is 1.97. The Morgan fingerprint density at radius 2 is 2.00 bits per heavy atom. The van der Waals surface area contributed by atoms with E-state index >= 15 is 0 Å². The molecule has 1 aliphatic carbocycles. The molecule has 0 aromatic carbocycles. The second-order valence-electron chi connectivity index (χ2n) is 7.09. The molecule has 0 bridgehead atoms. The lowest BCUT2D eigenvalue weighted by molar-refractivity contribution is 0.409. The molecule has 0 atom stereocenters. The third-order valence-corrected chi connectivity index (χ3v) is 5.16. The van der Waals surface area contributed by atoms with Crippen molar-refractivity contribution in [3.63, 3.8) is 0 Å². The van der Waals surface area contributed by atoms with Crippen LogP contribution in [-0.4, -0.2) is 48.1 Å². The van der Waals surface area contributed by atoms with E-state index in [1.54, 1.807) is 6.33 Å². The smallest absolute Gasteiger partial charge is 0.191 e. The summed E-state index contributed by atoms with van der Waals surface area (Å²) in [5.74, 6) is 3.61. The summed E-state index contributed by atoms with van der Waals surface area (Å²) < 4.78 is 4.06. The van der Waals surface area contributed by atoms with E-state index in [1.165, 1.54) is 32.1 Å². The van der Waals surface area contributed by atoms with E-state index in [-0.39, 0.29) is 0 Å². The standard InChI is InChI=1S/C18H31N9/c1-4-16-24-21-13-27(16)11-10-19-18(22-15-8-6-5-7-9-15)20-12-17-25-23-14(2)26(17)3/h13,15H,4-12H2,1-3H3,(H2,19,20,22). The van der Waals surface area contributed by atoms with Crippen molar-refractivity contribution < 1.29 is 0 Å². The van der Waals surface area contributed by atoms with E-state index in [0.29, 0.717) is 12.6 Å². The Hall–Kier alpha value is -2.45. The number of aryl methyl sites for hydroxylation is 2. The van der Waals surface area contributed by atoms with Gasteiger partial charge in [0, 0.05) is 32.6 Å². The highest BCUT2D eigenvalue weighted by atomic mass is 15.3. The average Bonchev–Trinajstić information content (AvgIpc) is 3.27. The zero-order valence-electron chi connectivity index (χ0n) is 16.6. The van der Waals surface area contributed by atoms with Crippen molar-refractivity contribution in [1.29, 1.82) is 0 Å². The van der Waals surface area contributed by atoms with Gasteiger partial charge < -0.3 is 19.8 Å². The minimum atomic E-state index is 0.493. The topological polar surface area (TPSA) is 97.8 Å². The first-order valence-corrected chi connectivity index (χ1v) is 9.93. The van der Waals surface area contributed by atoms with Crippen LogP contribution >= 0.6 is 0 Å². The molecule has 2 heterocycles. The fourth-order valence-electron chi connectivity index (χ4n) is 3.37. The first kappa shape index (κ1) is 19.3. The minimum Gasteiger partial charge on any atom is -0.355 e. The molecule has 2 aromatic heterocycles. The fraction of sp³-hybridized carbons (Fsp3) is 0.722. The predicted octanol–water partition coefficient (Wildman–Crippen LogP) is 1.35. The van der Waals surface area contributed by atoms with Crippen molar-refractivity contribution >= 4 is 5.96 Å². The molecule has 2 aromatic rings. The molecule has 9 heteroatoms. The van der Waals surface area contributed by atoms with Gasteiger partial charge in [0.15, 0.2) is 11.8 Å². The summed E-state index contributed by atoms with van der Waals surface area (Å²) in [6.45, 7) is 6.12. The van der Waals surface area contributed by atoms with Crippen LogP contribution in [0.2, 0.25) is 0 Å². The van der Waals surface area contributed by atoms with Crippen LogP contribution in [0.4, 0.5) is 0 Å². The largest absolute Gasteiger partial charge is 0.355 e. The highest BCUT2D eigenvalue weighted by Gasteiger charge is 2.15. The van der Waals surface area contributed by atoms with Gasteiger partial charge in [-0.2, -0.15) is 0 Å². The summed E-state index contributed by atoms with van der Waals surface area (Å²) in [5, 5.41) is 23.5. The zero-order chi connectivity index (χ0) is 19.1. The highest BCUT2D eigenvalue weighted by molar-refractivity contribution is 5.80. The lowest BCUT2D eigenvalue weighted by Gasteiger charge is -2.25. The normalized spacial score (nSPS) is 15.9. The molecule has 0 amide bonds. The van der Waals surface area contributed by atoms with Gasteiger partial charge in [-0.05, 0) is 19.8 Å². The average molecular weight is 374 g/mol. The van der Waals surface area contributed by atoms with Gasteiger partial charge in [-0.15, -0.1) is 20.4 Å². The van der Waals surface area contributed by atoms with E-state index in [0.717, 1.165) is 42.9 Å². The maximum atomic E-state index is 4.75. The monoisotopic (exact) mass is 373 g/mol. The lowest BCUT2D eigenvalue weighted by atomic mass is 9.96. The van der Waals surface area contributed by atoms with Crippen LogP contribution < -0.4 is 10.6 Å². The number of hydrogen-bond donors (Lipinski definition) is 2. The molecule has 3 rings (SSSR count). The number of rotatable bonds is 7. The Balaban J connectivity index is 1.61. The molecule has 1 aliphatic rings. The van der Waals surface area contributed by atoms with Crippen molar-refractivity contribution in [2.24, 2.45) is 12.0 Å². The van der Waals surface area contributed by atoms with Crippen molar-refractivity contribution in [2.75, 3.05) is 6.54 Å². The Morgan fingerprint density at radius 3 is 2.70 bits per heavy atom. The Labute approximate surface area is 160 Å². The van der Waals surface area contributed by atoms with Crippen molar-refractivity contribution in [2.45, 2.75) is 71.5 Å². The molecule has 0 unspecified atom stereocenters. The Morgan fingerprint density at radius 1 is 1.19 bits per heavy atom. The van der Waals surface area contributed by atoms with Gasteiger partial charge in [0.05, 0.1) is 0 Å². The molecule has 9 nitrogen and oxygen atoms in total. The van der Waals surface area contributed by atoms with Crippen LogP contribution in [0, 0.1) is 6.92 Å². The second kappa shape index (κ2) is 9.48. The summed E-state index contributed by atoms with van der Waals surface area (Å²) in [6.07, 6.45) is 8.98. The van der Waals surface area contributed by atoms with E-state index in [9.17, 15) is 0 Å². The Kier molecular flexibility index (Phi) is 6.78. The minimum absolute atomic E-state index is 0.493. The third kappa shape index (κ3) is 5.27. The van der Waals surface area contributed by atoms with Crippen LogP contribution in [0.25, 0.3) is 0 Å². The summed E-state index contributed by atoms with van der Waals surface area (Å²) in [4.78, 5) is 4.75. The second-order valence-corrected chi connectivity index (χ2v) is 7.09. The van der Waals surface area contributed by atoms with Crippen molar-refractivity contribution in [3.05, 3.63) is 23.8 Å². The first-order chi connectivity index (χ1) is 13.2. The third-order valence-electron chi connectivity index (χ3n) is 5.16. The Bertz CT molecular complexity index is 740. The molecule has 27 heavy (non-hydrogen) atoms. The van der Waals surface area contributed by atoms with Crippen LogP contribution in [-0.2, 0) is 26.6 Å². The van der Waals surface area contributed by atoms with Gasteiger partial charge in [0.2, 0.25) is 0 Å². The van der Waals surface area contributed by atoms with Crippen molar-refractivity contribution in [1.82, 2.24) is 40.2 Å². The highest BCUT2D eigenvalue weighted by Crippen LogP contribution is 2.17. The number of nitrogens with one attached hydrogen (secondary N) is 2. The molecule has 0 spiro atoms. The summed E-state index contributed by atoms with van der Waals surface area (Å²) >= 11 is 0. The van der Waals surface area contributed by atoms with Gasteiger partial charge in [0.1, 0.15) is 24.5 Å². The molecular weight excluding hydrogens is 342 g/mol. The predicted molar refractivity (Wildman–Crippen MR) is 104 cm³/mol. The molecule has 1 saturated carbocycles. The maximum Gasteiger partial charge on any atom is 0.191 e. The van der Waals surface area contributed by atoms with Crippen molar-refractivity contribution in [3.8, 4) is 0 Å². The molecule has 0 radical (unpaired) electrons. The number of guanidine groups is 1. The van der Waals surface area contributed by atoms with Crippen LogP contribution in [0.15, 0.2) is 11.3 Å². The van der Waals surface area contributed by atoms with Gasteiger partial charge in [0.25, 0.3) is 0 Å². The lowest BCUT2D eigenvalue weighted by Crippen LogP contribution is -2.45. The van der Waals surface area contributed by atoms with Gasteiger partial charge in [-0.1, -0.05) is 26.2 Å². The SMILES string of the molecule is CCc1nncn1CCNC(=NCc1nnc(C)n1C)NC1CCCCC1. The molecule has 2 N–H and O–H groups in total. The first-order valence-electron chi connectivity index (χ1n) is 9.93. The van der Waals surface area contributed by atoms with Gasteiger partial charge in [-0.3, -0.25) is 0 Å². The maximum absolute atomic E-state index is 4.75. The number of nitrogens with zero attached hydrogens (tertiary/aromatic N) is 7. The molecule has 0 saturated heterocycles. The summed E-state index contributed by atoms with van der Waals surface area (Å²) in [5.41, 5.74) is 0. The van der Waals surface area contributed by atoms with E-state index in [4.69, 9.17) is 4.99 Å². The molecule has 0 aliphatic heterocycles. The molecular formula is C18H31N9. The molecule has 1 fully saturated rings.